The molecule has 0 bridgehead atoms. The van der Waals surface area contributed by atoms with Gasteiger partial charge in [-0.2, -0.15) is 0 Å². The summed E-state index contributed by atoms with van der Waals surface area (Å²) < 4.78 is 13.8. The largest absolute Gasteiger partial charge is 0.398 e. The van der Waals surface area contributed by atoms with Crippen LogP contribution < -0.4 is 5.73 Å². The minimum absolute atomic E-state index is 0.255. The quantitative estimate of drug-likeness (QED) is 0.551. The Morgan fingerprint density at radius 1 is 1.19 bits per heavy atom. The van der Waals surface area contributed by atoms with Crippen molar-refractivity contribution in [1.29, 1.82) is 0 Å². The molecule has 2 N–H and O–H groups in total. The maximum absolute atomic E-state index is 13.8. The van der Waals surface area contributed by atoms with E-state index in [9.17, 15) is 4.39 Å². The Morgan fingerprint density at radius 2 is 2.05 bits per heavy atom. The standard InChI is InChI=1S/C16H12ClFN2S/c17-11-4-6-14(19)15(8-11)21-9-10-3-5-13(18)12-2-1-7-20-16(10)12/h1-8H,9,19H2. The smallest absolute Gasteiger partial charge is 0.132 e. The third-order valence-corrected chi connectivity index (χ3v) is 4.51. The topological polar surface area (TPSA) is 38.9 Å². The Labute approximate surface area is 131 Å². The second-order valence-electron chi connectivity index (χ2n) is 4.58. The summed E-state index contributed by atoms with van der Waals surface area (Å²) in [5.41, 5.74) is 8.27. The van der Waals surface area contributed by atoms with Gasteiger partial charge in [0.2, 0.25) is 0 Å². The fraction of sp³-hybridized carbons (Fsp3) is 0.0625. The molecule has 1 heterocycles. The number of halogens is 2. The molecule has 0 spiro atoms. The number of rotatable bonds is 3. The number of thioether (sulfide) groups is 1. The molecule has 0 aliphatic rings. The van der Waals surface area contributed by atoms with Crippen LogP contribution in [0.25, 0.3) is 10.9 Å². The first kappa shape index (κ1) is 14.2. The number of pyridine rings is 1. The van der Waals surface area contributed by atoms with Gasteiger partial charge in [-0.25, -0.2) is 4.39 Å². The molecule has 0 atom stereocenters. The summed E-state index contributed by atoms with van der Waals surface area (Å²) >= 11 is 7.55. The van der Waals surface area contributed by atoms with Crippen molar-refractivity contribution in [2.24, 2.45) is 0 Å². The van der Waals surface area contributed by atoms with Crippen molar-refractivity contribution >= 4 is 40.0 Å². The highest BCUT2D eigenvalue weighted by molar-refractivity contribution is 7.98. The van der Waals surface area contributed by atoms with Gasteiger partial charge in [0.15, 0.2) is 0 Å². The number of nitrogens with two attached hydrogens (primary N) is 1. The zero-order valence-corrected chi connectivity index (χ0v) is 12.6. The number of hydrogen-bond acceptors (Lipinski definition) is 3. The van der Waals surface area contributed by atoms with Crippen molar-refractivity contribution < 1.29 is 4.39 Å². The van der Waals surface area contributed by atoms with Crippen molar-refractivity contribution in [3.05, 3.63) is 65.1 Å². The van der Waals surface area contributed by atoms with Crippen molar-refractivity contribution in [3.63, 3.8) is 0 Å². The fourth-order valence-corrected chi connectivity index (χ4v) is 3.33. The van der Waals surface area contributed by atoms with E-state index in [0.29, 0.717) is 27.4 Å². The summed E-state index contributed by atoms with van der Waals surface area (Å²) in [4.78, 5) is 5.20. The van der Waals surface area contributed by atoms with E-state index in [0.717, 1.165) is 10.5 Å². The SMILES string of the molecule is Nc1ccc(Cl)cc1SCc1ccc(F)c2cccnc12. The molecular formula is C16H12ClFN2S. The maximum Gasteiger partial charge on any atom is 0.132 e. The van der Waals surface area contributed by atoms with E-state index in [1.54, 1.807) is 48.3 Å². The highest BCUT2D eigenvalue weighted by Gasteiger charge is 2.08. The molecule has 0 unspecified atom stereocenters. The van der Waals surface area contributed by atoms with Crippen LogP contribution in [0.4, 0.5) is 10.1 Å². The molecular weight excluding hydrogens is 307 g/mol. The zero-order valence-electron chi connectivity index (χ0n) is 11.0. The first-order chi connectivity index (χ1) is 10.1. The molecule has 0 amide bonds. The molecule has 3 aromatic rings. The molecule has 0 saturated heterocycles. The van der Waals surface area contributed by atoms with Gasteiger partial charge in [-0.05, 0) is 42.0 Å². The first-order valence-corrected chi connectivity index (χ1v) is 7.71. The third kappa shape index (κ3) is 2.96. The van der Waals surface area contributed by atoms with Gasteiger partial charge < -0.3 is 5.73 Å². The number of benzene rings is 2. The number of nitrogen functional groups attached to an aromatic ring is 1. The van der Waals surface area contributed by atoms with Crippen LogP contribution in [0.3, 0.4) is 0 Å². The summed E-state index contributed by atoms with van der Waals surface area (Å²) in [7, 11) is 0. The van der Waals surface area contributed by atoms with E-state index in [4.69, 9.17) is 17.3 Å². The molecule has 0 fully saturated rings. The van der Waals surface area contributed by atoms with Gasteiger partial charge in [0.05, 0.1) is 5.52 Å². The number of fused-ring (bicyclic) bond motifs is 1. The summed E-state index contributed by atoms with van der Waals surface area (Å²) in [6.45, 7) is 0. The van der Waals surface area contributed by atoms with Crippen molar-refractivity contribution in [2.75, 3.05) is 5.73 Å². The lowest BCUT2D eigenvalue weighted by Crippen LogP contribution is -1.92. The first-order valence-electron chi connectivity index (χ1n) is 6.35. The summed E-state index contributed by atoms with van der Waals surface area (Å²) in [6.07, 6.45) is 1.67. The van der Waals surface area contributed by atoms with Gasteiger partial charge >= 0.3 is 0 Å². The summed E-state index contributed by atoms with van der Waals surface area (Å²) in [5.74, 6) is 0.396. The maximum atomic E-state index is 13.8. The predicted molar refractivity (Wildman–Crippen MR) is 87.1 cm³/mol. The van der Waals surface area contributed by atoms with Crippen LogP contribution in [0.5, 0.6) is 0 Å². The number of hydrogen-bond donors (Lipinski definition) is 1. The second-order valence-corrected chi connectivity index (χ2v) is 6.03. The average Bonchev–Trinajstić information content (AvgIpc) is 2.50. The van der Waals surface area contributed by atoms with Gasteiger partial charge in [0.25, 0.3) is 0 Å². The predicted octanol–water partition coefficient (Wildman–Crippen LogP) is 4.90. The molecule has 2 aromatic carbocycles. The zero-order chi connectivity index (χ0) is 14.8. The Balaban J connectivity index is 1.92. The van der Waals surface area contributed by atoms with Crippen molar-refractivity contribution in [1.82, 2.24) is 4.98 Å². The number of aromatic nitrogens is 1. The highest BCUT2D eigenvalue weighted by atomic mass is 35.5. The molecule has 3 rings (SSSR count). The average molecular weight is 319 g/mol. The molecule has 106 valence electrons. The Hall–Kier alpha value is -1.78. The van der Waals surface area contributed by atoms with E-state index in [-0.39, 0.29) is 5.82 Å². The van der Waals surface area contributed by atoms with Gasteiger partial charge in [0.1, 0.15) is 5.82 Å². The normalized spacial score (nSPS) is 11.0. The minimum Gasteiger partial charge on any atom is -0.398 e. The molecule has 21 heavy (non-hydrogen) atoms. The summed E-state index contributed by atoms with van der Waals surface area (Å²) in [6, 6.07) is 12.1. The van der Waals surface area contributed by atoms with Crippen molar-refractivity contribution in [2.45, 2.75) is 10.6 Å². The lowest BCUT2D eigenvalue weighted by molar-refractivity contribution is 0.639. The van der Waals surface area contributed by atoms with E-state index >= 15 is 0 Å². The van der Waals surface area contributed by atoms with Crippen LogP contribution in [0.1, 0.15) is 5.56 Å². The van der Waals surface area contributed by atoms with E-state index < -0.39 is 0 Å². The fourth-order valence-electron chi connectivity index (χ4n) is 2.10. The van der Waals surface area contributed by atoms with Crippen LogP contribution in [0.15, 0.2) is 53.6 Å². The minimum atomic E-state index is -0.255. The molecule has 0 aliphatic heterocycles. The van der Waals surface area contributed by atoms with E-state index in [1.165, 1.54) is 6.07 Å². The Bertz CT molecular complexity index is 807. The van der Waals surface area contributed by atoms with Crippen molar-refractivity contribution in [3.8, 4) is 0 Å². The van der Waals surface area contributed by atoms with E-state index in [1.807, 2.05) is 6.07 Å². The molecule has 0 saturated carbocycles. The van der Waals surface area contributed by atoms with Gasteiger partial charge in [-0.3, -0.25) is 4.98 Å². The van der Waals surface area contributed by atoms with Gasteiger partial charge in [0, 0.05) is 32.9 Å². The second kappa shape index (κ2) is 5.92. The van der Waals surface area contributed by atoms with Crippen LogP contribution in [0.2, 0.25) is 5.02 Å². The third-order valence-electron chi connectivity index (χ3n) is 3.16. The van der Waals surface area contributed by atoms with Crippen LogP contribution in [-0.4, -0.2) is 4.98 Å². The Morgan fingerprint density at radius 3 is 2.90 bits per heavy atom. The van der Waals surface area contributed by atoms with Crippen LogP contribution >= 0.6 is 23.4 Å². The lowest BCUT2D eigenvalue weighted by atomic mass is 10.1. The lowest BCUT2D eigenvalue weighted by Gasteiger charge is -2.08. The number of anilines is 1. The molecule has 5 heteroatoms. The van der Waals surface area contributed by atoms with E-state index in [2.05, 4.69) is 4.98 Å². The molecule has 0 aliphatic carbocycles. The van der Waals surface area contributed by atoms with Gasteiger partial charge in [-0.15, -0.1) is 11.8 Å². The summed E-state index contributed by atoms with van der Waals surface area (Å²) in [5, 5.41) is 1.18. The Kier molecular flexibility index (Phi) is 3.99. The van der Waals surface area contributed by atoms with Crippen LogP contribution in [-0.2, 0) is 5.75 Å². The number of nitrogens with zero attached hydrogens (tertiary/aromatic N) is 1. The van der Waals surface area contributed by atoms with Gasteiger partial charge in [-0.1, -0.05) is 17.7 Å². The molecule has 0 radical (unpaired) electrons. The monoisotopic (exact) mass is 318 g/mol. The van der Waals surface area contributed by atoms with Crippen LogP contribution in [0, 0.1) is 5.82 Å². The molecule has 2 nitrogen and oxygen atoms in total. The highest BCUT2D eigenvalue weighted by Crippen LogP contribution is 2.32. The molecule has 1 aromatic heterocycles.